The van der Waals surface area contributed by atoms with Crippen LogP contribution in [-0.4, -0.2) is 9.52 Å². The first-order valence-corrected chi connectivity index (χ1v) is 23.4. The third-order valence-corrected chi connectivity index (χ3v) is 10.2. The van der Waals surface area contributed by atoms with Crippen LogP contribution < -0.4 is 10.4 Å². The fraction of sp³-hybridized carbons (Fsp3) is 0.341. The summed E-state index contributed by atoms with van der Waals surface area (Å²) in [5, 5.41) is 5.63. The van der Waals surface area contributed by atoms with Crippen LogP contribution in [0.15, 0.2) is 84.9 Å². The second kappa shape index (κ2) is 15.4. The molecule has 6 rings (SSSR count). The van der Waals surface area contributed by atoms with Gasteiger partial charge in [0.1, 0.15) is 0 Å². The zero-order valence-electron chi connectivity index (χ0n) is 28.3. The number of fused-ring (bicyclic) bond motifs is 4. The zero-order valence-corrected chi connectivity index (χ0v) is 33.3. The number of rotatable bonds is 4. The molecule has 45 heavy (non-hydrogen) atoms. The van der Waals surface area contributed by atoms with Gasteiger partial charge in [0.25, 0.3) is 0 Å². The van der Waals surface area contributed by atoms with Crippen molar-refractivity contribution in [3.8, 4) is 22.3 Å². The molecule has 0 aromatic heterocycles. The molecule has 4 heteroatoms. The molecule has 1 aliphatic rings. The predicted octanol–water partition coefficient (Wildman–Crippen LogP) is 11.4. The molecule has 0 amide bonds. The summed E-state index contributed by atoms with van der Waals surface area (Å²) in [6.45, 7) is 20.8. The standard InChI is InChI=1S/C29H39.C12H7Si.2ClH.Zr/c1-10-19(3)22-14-21-13-12-20(11-2)27(26(21)17-22)23-15-24(28(4,5)6)18-25(16-23)29(7,8)9;1-3-7-11-9(5-1)10-6-2-4-8-12(10)13-11;;;/h12-19H,10-11H2,1-9H3;1-7H;2*1H;/q2*-1;;;+4/p-2. The van der Waals surface area contributed by atoms with E-state index < -0.39 is 20.8 Å². The summed E-state index contributed by atoms with van der Waals surface area (Å²) < 4.78 is 0. The minimum Gasteiger partial charge on any atom is -0.184 e. The second-order valence-electron chi connectivity index (χ2n) is 14.1. The van der Waals surface area contributed by atoms with E-state index in [0.29, 0.717) is 5.92 Å². The van der Waals surface area contributed by atoms with Crippen molar-refractivity contribution in [3.05, 3.63) is 113 Å². The Morgan fingerprint density at radius 2 is 1.44 bits per heavy atom. The summed E-state index contributed by atoms with van der Waals surface area (Å²) in [5.41, 5.74) is 11.6. The van der Waals surface area contributed by atoms with Crippen molar-refractivity contribution in [1.82, 2.24) is 0 Å². The molecule has 0 aliphatic carbocycles. The molecule has 1 heterocycles. The van der Waals surface area contributed by atoms with E-state index in [1.165, 1.54) is 72.1 Å². The van der Waals surface area contributed by atoms with E-state index in [1.54, 1.807) is 0 Å². The summed E-state index contributed by atoms with van der Waals surface area (Å²) in [7, 11) is 10.7. The summed E-state index contributed by atoms with van der Waals surface area (Å²) in [6, 6.07) is 35.0. The third-order valence-electron chi connectivity index (χ3n) is 8.85. The van der Waals surface area contributed by atoms with E-state index in [2.05, 4.69) is 147 Å². The molecular formula is C41H46Cl2SiZr. The van der Waals surface area contributed by atoms with Gasteiger partial charge in [-0.2, -0.15) is 35.5 Å². The van der Waals surface area contributed by atoms with Crippen LogP contribution in [0.5, 0.6) is 0 Å². The maximum absolute atomic E-state index is 4.93. The van der Waals surface area contributed by atoms with Crippen LogP contribution in [0.25, 0.3) is 33.0 Å². The van der Waals surface area contributed by atoms with Crippen LogP contribution >= 0.6 is 17.0 Å². The van der Waals surface area contributed by atoms with Gasteiger partial charge in [0.15, 0.2) is 0 Å². The van der Waals surface area contributed by atoms with Crippen LogP contribution in [-0.2, 0) is 38.1 Å². The minimum atomic E-state index is -0.826. The average Bonchev–Trinajstić information content (AvgIpc) is 3.61. The molecule has 0 N–H and O–H groups in total. The van der Waals surface area contributed by atoms with E-state index in [9.17, 15) is 0 Å². The van der Waals surface area contributed by atoms with Crippen molar-refractivity contribution in [3.63, 3.8) is 0 Å². The molecule has 232 valence electrons. The van der Waals surface area contributed by atoms with Crippen molar-refractivity contribution in [2.75, 3.05) is 0 Å². The molecule has 0 nitrogen and oxygen atoms in total. The molecule has 0 saturated carbocycles. The molecule has 0 saturated heterocycles. The Balaban J connectivity index is 0.000000236. The monoisotopic (exact) mass is 726 g/mol. The van der Waals surface area contributed by atoms with Gasteiger partial charge in [-0.3, -0.25) is 0 Å². The molecule has 2 radical (unpaired) electrons. The number of hydrogen-bond donors (Lipinski definition) is 0. The maximum atomic E-state index is 4.93. The zero-order chi connectivity index (χ0) is 32.9. The predicted molar refractivity (Wildman–Crippen MR) is 198 cm³/mol. The molecule has 1 unspecified atom stereocenters. The minimum absolute atomic E-state index is 0.129. The van der Waals surface area contributed by atoms with Gasteiger partial charge in [0.05, 0.1) is 9.52 Å². The largest absolute Gasteiger partial charge is 0.184 e. The van der Waals surface area contributed by atoms with Crippen LogP contribution in [0.2, 0.25) is 0 Å². The smallest absolute Gasteiger partial charge is 0.0920 e. The fourth-order valence-corrected chi connectivity index (χ4v) is 7.18. The molecule has 1 atom stereocenters. The first kappa shape index (κ1) is 36.0. The first-order chi connectivity index (χ1) is 21.3. The Morgan fingerprint density at radius 3 is 2.04 bits per heavy atom. The Kier molecular flexibility index (Phi) is 12.3. The van der Waals surface area contributed by atoms with Crippen LogP contribution in [0.3, 0.4) is 0 Å². The van der Waals surface area contributed by atoms with Gasteiger partial charge in [0.2, 0.25) is 0 Å². The number of benzene rings is 4. The van der Waals surface area contributed by atoms with E-state index in [4.69, 9.17) is 17.0 Å². The Hall–Kier alpha value is -1.83. The van der Waals surface area contributed by atoms with E-state index in [0.717, 1.165) is 15.9 Å². The molecule has 5 aromatic rings. The number of aryl methyl sites for hydroxylation is 1. The third kappa shape index (κ3) is 8.56. The Morgan fingerprint density at radius 1 is 0.822 bits per heavy atom. The van der Waals surface area contributed by atoms with E-state index >= 15 is 0 Å². The van der Waals surface area contributed by atoms with Gasteiger partial charge >= 0.3 is 37.9 Å². The van der Waals surface area contributed by atoms with Crippen LogP contribution in [0.1, 0.15) is 96.9 Å². The molecule has 0 spiro atoms. The van der Waals surface area contributed by atoms with Gasteiger partial charge < -0.3 is 0 Å². The van der Waals surface area contributed by atoms with Crippen molar-refractivity contribution >= 4 is 47.7 Å². The molecular weight excluding hydrogens is 683 g/mol. The number of hydrogen-bond acceptors (Lipinski definition) is 0. The first-order valence-electron chi connectivity index (χ1n) is 16.0. The van der Waals surface area contributed by atoms with Gasteiger partial charge in [-0.15, -0.1) is 40.1 Å². The van der Waals surface area contributed by atoms with Crippen molar-refractivity contribution in [1.29, 1.82) is 0 Å². The van der Waals surface area contributed by atoms with Crippen molar-refractivity contribution in [2.24, 2.45) is 0 Å². The van der Waals surface area contributed by atoms with E-state index in [-0.39, 0.29) is 10.8 Å². The summed E-state index contributed by atoms with van der Waals surface area (Å²) in [5.74, 6) is 0.603. The molecule has 5 aromatic carbocycles. The quantitative estimate of drug-likeness (QED) is 0.125. The molecule has 1 aliphatic heterocycles. The Labute approximate surface area is 293 Å². The van der Waals surface area contributed by atoms with Gasteiger partial charge in [0, 0.05) is 0 Å². The van der Waals surface area contributed by atoms with Crippen LogP contribution in [0, 0.1) is 6.07 Å². The normalized spacial score (nSPS) is 12.7. The average molecular weight is 729 g/mol. The van der Waals surface area contributed by atoms with Crippen molar-refractivity contribution in [2.45, 2.75) is 91.9 Å². The van der Waals surface area contributed by atoms with Crippen molar-refractivity contribution < 1.29 is 20.8 Å². The second-order valence-corrected chi connectivity index (χ2v) is 19.1. The van der Waals surface area contributed by atoms with Gasteiger partial charge in [-0.25, -0.2) is 0 Å². The van der Waals surface area contributed by atoms with Crippen LogP contribution in [0.4, 0.5) is 0 Å². The van der Waals surface area contributed by atoms with E-state index in [1.807, 2.05) is 6.07 Å². The van der Waals surface area contributed by atoms with Gasteiger partial charge in [-0.1, -0.05) is 133 Å². The fourth-order valence-electron chi connectivity index (χ4n) is 5.87. The topological polar surface area (TPSA) is 0 Å². The summed E-state index contributed by atoms with van der Waals surface area (Å²) in [4.78, 5) is 0. The SMILES string of the molecule is CCc1ccc2[cH-]c(C(C)CC)cc2c1-c1cc(C(C)(C)C)cc(C(C)(C)C)c1.[Cl][Zr+2][Cl].[c-]1cccc2c1[Si]c1ccccc1-2. The Bertz CT molecular complexity index is 1660. The maximum Gasteiger partial charge on any atom is 0.0920 e. The van der Waals surface area contributed by atoms with Gasteiger partial charge in [-0.05, 0) is 39.9 Å². The summed E-state index contributed by atoms with van der Waals surface area (Å²) >= 11 is -0.826. The molecule has 0 fully saturated rings. The number of halogens is 2. The molecule has 0 bridgehead atoms. The summed E-state index contributed by atoms with van der Waals surface area (Å²) in [6.07, 6.45) is 2.24.